The summed E-state index contributed by atoms with van der Waals surface area (Å²) in [7, 11) is -3.57. The Morgan fingerprint density at radius 2 is 1.70 bits per heavy atom. The fourth-order valence-electron chi connectivity index (χ4n) is 3.91. The van der Waals surface area contributed by atoms with E-state index in [0.29, 0.717) is 23.8 Å². The standard InChI is InChI=1S/C25H31N3O3S2/c1-6-8-13-28(7-2)33(30,31)21-11-9-20(10-12-21)24(29)27-25-26-22(16-32-25)23-18(4)14-17(3)15-19(23)5/h9-12,14-16H,6-8,13H2,1-5H3,(H,26,27,29). The summed E-state index contributed by atoms with van der Waals surface area (Å²) in [6, 6.07) is 10.3. The highest BCUT2D eigenvalue weighted by atomic mass is 32.2. The molecule has 6 nitrogen and oxygen atoms in total. The Morgan fingerprint density at radius 3 is 2.27 bits per heavy atom. The summed E-state index contributed by atoms with van der Waals surface area (Å²) in [4.78, 5) is 17.5. The van der Waals surface area contributed by atoms with E-state index in [0.717, 1.165) is 35.2 Å². The van der Waals surface area contributed by atoms with Gasteiger partial charge in [-0.25, -0.2) is 13.4 Å². The van der Waals surface area contributed by atoms with Crippen LogP contribution in [0.25, 0.3) is 11.3 Å². The molecule has 0 aliphatic carbocycles. The molecule has 0 atom stereocenters. The lowest BCUT2D eigenvalue weighted by Crippen LogP contribution is -2.31. The van der Waals surface area contributed by atoms with Crippen LogP contribution >= 0.6 is 11.3 Å². The van der Waals surface area contributed by atoms with Crippen LogP contribution in [0, 0.1) is 20.8 Å². The molecule has 0 bridgehead atoms. The van der Waals surface area contributed by atoms with E-state index < -0.39 is 10.0 Å². The molecule has 176 valence electrons. The molecular formula is C25H31N3O3S2. The predicted molar refractivity (Wildman–Crippen MR) is 135 cm³/mol. The third kappa shape index (κ3) is 5.69. The molecule has 3 aromatic rings. The molecule has 1 heterocycles. The maximum atomic E-state index is 12.9. The number of hydrogen-bond acceptors (Lipinski definition) is 5. The largest absolute Gasteiger partial charge is 0.298 e. The van der Waals surface area contributed by atoms with Gasteiger partial charge in [0.1, 0.15) is 0 Å². The number of unbranched alkanes of at least 4 members (excludes halogenated alkanes) is 1. The number of amides is 1. The van der Waals surface area contributed by atoms with E-state index in [1.807, 2.05) is 19.2 Å². The molecule has 1 aromatic heterocycles. The van der Waals surface area contributed by atoms with Crippen molar-refractivity contribution in [3.8, 4) is 11.3 Å². The minimum absolute atomic E-state index is 0.193. The second-order valence-electron chi connectivity index (χ2n) is 8.14. The van der Waals surface area contributed by atoms with Gasteiger partial charge >= 0.3 is 0 Å². The van der Waals surface area contributed by atoms with Gasteiger partial charge in [0.15, 0.2) is 5.13 Å². The zero-order chi connectivity index (χ0) is 24.2. The second kappa shape index (κ2) is 10.6. The van der Waals surface area contributed by atoms with Gasteiger partial charge in [-0.3, -0.25) is 10.1 Å². The van der Waals surface area contributed by atoms with E-state index >= 15 is 0 Å². The van der Waals surface area contributed by atoms with E-state index in [1.165, 1.54) is 33.3 Å². The maximum absolute atomic E-state index is 12.9. The Hall–Kier alpha value is -2.55. The molecule has 33 heavy (non-hydrogen) atoms. The first-order valence-electron chi connectivity index (χ1n) is 11.1. The number of carbonyl (C=O) groups is 1. The Morgan fingerprint density at radius 1 is 1.06 bits per heavy atom. The van der Waals surface area contributed by atoms with Gasteiger partial charge in [0.25, 0.3) is 5.91 Å². The van der Waals surface area contributed by atoms with Gasteiger partial charge in [0.05, 0.1) is 10.6 Å². The number of carbonyl (C=O) groups excluding carboxylic acids is 1. The van der Waals surface area contributed by atoms with Gasteiger partial charge < -0.3 is 0 Å². The fourth-order valence-corrected chi connectivity index (χ4v) is 6.09. The lowest BCUT2D eigenvalue weighted by Gasteiger charge is -2.20. The average molecular weight is 486 g/mol. The number of nitrogens with zero attached hydrogens (tertiary/aromatic N) is 2. The highest BCUT2D eigenvalue weighted by Crippen LogP contribution is 2.31. The van der Waals surface area contributed by atoms with Crippen molar-refractivity contribution in [2.45, 2.75) is 52.4 Å². The molecular weight excluding hydrogens is 454 g/mol. The van der Waals surface area contributed by atoms with Crippen molar-refractivity contribution in [1.82, 2.24) is 9.29 Å². The van der Waals surface area contributed by atoms with Crippen LogP contribution in [0.1, 0.15) is 53.7 Å². The first-order valence-corrected chi connectivity index (χ1v) is 13.4. The average Bonchev–Trinajstić information content (AvgIpc) is 3.21. The predicted octanol–water partition coefficient (Wildman–Crippen LogP) is 5.80. The zero-order valence-electron chi connectivity index (χ0n) is 19.8. The van der Waals surface area contributed by atoms with Gasteiger partial charge in [0, 0.05) is 29.6 Å². The van der Waals surface area contributed by atoms with Crippen molar-refractivity contribution < 1.29 is 13.2 Å². The number of nitrogens with one attached hydrogen (secondary N) is 1. The molecule has 8 heteroatoms. The van der Waals surface area contributed by atoms with Crippen LogP contribution in [0.4, 0.5) is 5.13 Å². The molecule has 1 N–H and O–H groups in total. The summed E-state index contributed by atoms with van der Waals surface area (Å²) in [5, 5.41) is 5.27. The summed E-state index contributed by atoms with van der Waals surface area (Å²) in [5.74, 6) is -0.324. The zero-order valence-corrected chi connectivity index (χ0v) is 21.4. The maximum Gasteiger partial charge on any atom is 0.257 e. The van der Waals surface area contributed by atoms with Crippen molar-refractivity contribution >= 4 is 32.4 Å². The van der Waals surface area contributed by atoms with Crippen LogP contribution in [-0.4, -0.2) is 36.7 Å². The van der Waals surface area contributed by atoms with Crippen molar-refractivity contribution in [2.24, 2.45) is 0 Å². The Balaban J connectivity index is 1.75. The summed E-state index contributed by atoms with van der Waals surface area (Å²) >= 11 is 1.37. The van der Waals surface area contributed by atoms with Crippen molar-refractivity contribution in [1.29, 1.82) is 0 Å². The minimum atomic E-state index is -3.57. The molecule has 2 aromatic carbocycles. The smallest absolute Gasteiger partial charge is 0.257 e. The van der Waals surface area contributed by atoms with Crippen LogP contribution in [0.15, 0.2) is 46.7 Å². The molecule has 0 saturated heterocycles. The summed E-state index contributed by atoms with van der Waals surface area (Å²) < 4.78 is 27.2. The monoisotopic (exact) mass is 485 g/mol. The number of sulfonamides is 1. The molecule has 3 rings (SSSR count). The molecule has 0 fully saturated rings. The summed E-state index contributed by atoms with van der Waals surface area (Å²) in [6.45, 7) is 11.0. The Kier molecular flexibility index (Phi) is 8.05. The van der Waals surface area contributed by atoms with E-state index in [4.69, 9.17) is 0 Å². The Bertz CT molecular complexity index is 1210. The number of thiazole rings is 1. The minimum Gasteiger partial charge on any atom is -0.298 e. The number of rotatable bonds is 9. The van der Waals surface area contributed by atoms with E-state index in [2.05, 4.69) is 43.2 Å². The molecule has 0 unspecified atom stereocenters. The number of anilines is 1. The van der Waals surface area contributed by atoms with Crippen LogP contribution < -0.4 is 5.32 Å². The Labute approximate surface area is 200 Å². The van der Waals surface area contributed by atoms with Crippen molar-refractivity contribution in [3.63, 3.8) is 0 Å². The van der Waals surface area contributed by atoms with E-state index in [1.54, 1.807) is 12.1 Å². The number of aryl methyl sites for hydroxylation is 3. The molecule has 0 aliphatic rings. The molecule has 0 radical (unpaired) electrons. The number of hydrogen-bond donors (Lipinski definition) is 1. The first kappa shape index (κ1) is 25.1. The normalized spacial score (nSPS) is 11.7. The van der Waals surface area contributed by atoms with Gasteiger partial charge in [-0.1, -0.05) is 38.0 Å². The van der Waals surface area contributed by atoms with E-state index in [-0.39, 0.29) is 10.8 Å². The molecule has 0 spiro atoms. The van der Waals surface area contributed by atoms with E-state index in [9.17, 15) is 13.2 Å². The van der Waals surface area contributed by atoms with Gasteiger partial charge in [0.2, 0.25) is 10.0 Å². The SMILES string of the molecule is CCCCN(CC)S(=O)(=O)c1ccc(C(=O)Nc2nc(-c3c(C)cc(C)cc3C)cs2)cc1. The molecule has 1 amide bonds. The van der Waals surface area contributed by atoms with Crippen LogP contribution in [-0.2, 0) is 10.0 Å². The third-order valence-electron chi connectivity index (χ3n) is 5.53. The highest BCUT2D eigenvalue weighted by Gasteiger charge is 2.23. The first-order chi connectivity index (χ1) is 15.7. The van der Waals surface area contributed by atoms with Crippen LogP contribution in [0.2, 0.25) is 0 Å². The summed E-state index contributed by atoms with van der Waals surface area (Å²) in [5.41, 5.74) is 5.79. The van der Waals surface area contributed by atoms with Gasteiger partial charge in [-0.05, 0) is 62.6 Å². The molecule has 0 aliphatic heterocycles. The fraction of sp³-hybridized carbons (Fsp3) is 0.360. The highest BCUT2D eigenvalue weighted by molar-refractivity contribution is 7.89. The third-order valence-corrected chi connectivity index (χ3v) is 8.27. The summed E-state index contributed by atoms with van der Waals surface area (Å²) in [6.07, 6.45) is 1.73. The topological polar surface area (TPSA) is 79.4 Å². The number of aromatic nitrogens is 1. The van der Waals surface area contributed by atoms with Crippen molar-refractivity contribution in [3.05, 3.63) is 64.0 Å². The van der Waals surface area contributed by atoms with Gasteiger partial charge in [-0.2, -0.15) is 4.31 Å². The van der Waals surface area contributed by atoms with Crippen LogP contribution in [0.3, 0.4) is 0 Å². The quantitative estimate of drug-likeness (QED) is 0.415. The number of benzene rings is 2. The van der Waals surface area contributed by atoms with Gasteiger partial charge in [-0.15, -0.1) is 11.3 Å². The second-order valence-corrected chi connectivity index (χ2v) is 10.9. The van der Waals surface area contributed by atoms with Crippen molar-refractivity contribution in [2.75, 3.05) is 18.4 Å². The lowest BCUT2D eigenvalue weighted by atomic mass is 9.98. The molecule has 0 saturated carbocycles. The van der Waals surface area contributed by atoms with Crippen LogP contribution in [0.5, 0.6) is 0 Å². The lowest BCUT2D eigenvalue weighted by molar-refractivity contribution is 0.102.